The highest BCUT2D eigenvalue weighted by Gasteiger charge is 2.34. The fourth-order valence-corrected chi connectivity index (χ4v) is 2.26. The van der Waals surface area contributed by atoms with Gasteiger partial charge in [0.1, 0.15) is 5.52 Å². The second-order valence-corrected chi connectivity index (χ2v) is 4.11. The SMILES string of the molecule is Nc1c(Cl)cc(C(F)(F)F)c2scnc12. The molecule has 0 saturated heterocycles. The lowest BCUT2D eigenvalue weighted by molar-refractivity contribution is -0.136. The summed E-state index contributed by atoms with van der Waals surface area (Å²) in [4.78, 5) is 3.76. The zero-order valence-corrected chi connectivity index (χ0v) is 8.67. The molecule has 2 N–H and O–H groups in total. The first-order valence-electron chi connectivity index (χ1n) is 3.79. The number of rotatable bonds is 0. The first-order valence-corrected chi connectivity index (χ1v) is 5.05. The van der Waals surface area contributed by atoms with Crippen LogP contribution in [0.15, 0.2) is 11.6 Å². The van der Waals surface area contributed by atoms with E-state index < -0.39 is 11.7 Å². The Morgan fingerprint density at radius 2 is 2.07 bits per heavy atom. The van der Waals surface area contributed by atoms with Crippen molar-refractivity contribution in [2.45, 2.75) is 6.18 Å². The molecule has 2 nitrogen and oxygen atoms in total. The Labute approximate surface area is 91.5 Å². The third-order valence-electron chi connectivity index (χ3n) is 1.90. The largest absolute Gasteiger partial charge is 0.417 e. The minimum Gasteiger partial charge on any atom is -0.396 e. The number of nitrogen functional groups attached to an aromatic ring is 1. The second-order valence-electron chi connectivity index (χ2n) is 2.85. The van der Waals surface area contributed by atoms with Crippen LogP contribution in [0.3, 0.4) is 0 Å². The van der Waals surface area contributed by atoms with Crippen LogP contribution in [0.4, 0.5) is 18.9 Å². The number of thiazole rings is 1. The van der Waals surface area contributed by atoms with Crippen LogP contribution in [-0.2, 0) is 6.18 Å². The lowest BCUT2D eigenvalue weighted by Gasteiger charge is -2.09. The fourth-order valence-electron chi connectivity index (χ4n) is 1.22. The second kappa shape index (κ2) is 3.24. The Hall–Kier alpha value is -1.01. The van der Waals surface area contributed by atoms with E-state index in [4.69, 9.17) is 17.3 Å². The van der Waals surface area contributed by atoms with Gasteiger partial charge in [-0.15, -0.1) is 11.3 Å². The first-order chi connectivity index (χ1) is 6.91. The van der Waals surface area contributed by atoms with Crippen LogP contribution in [0.25, 0.3) is 10.2 Å². The molecule has 0 amide bonds. The van der Waals surface area contributed by atoms with E-state index in [-0.39, 0.29) is 20.9 Å². The molecule has 7 heteroatoms. The number of nitrogens with zero attached hydrogens (tertiary/aromatic N) is 1. The molecule has 1 aromatic carbocycles. The summed E-state index contributed by atoms with van der Waals surface area (Å²) in [6, 6.07) is 0.831. The molecular weight excluding hydrogens is 249 g/mol. The van der Waals surface area contributed by atoms with E-state index in [9.17, 15) is 13.2 Å². The number of anilines is 1. The smallest absolute Gasteiger partial charge is 0.396 e. The summed E-state index contributed by atoms with van der Waals surface area (Å²) < 4.78 is 37.8. The van der Waals surface area contributed by atoms with Gasteiger partial charge in [-0.1, -0.05) is 11.6 Å². The van der Waals surface area contributed by atoms with Gasteiger partial charge >= 0.3 is 6.18 Å². The number of alkyl halides is 3. The number of nitrogens with two attached hydrogens (primary N) is 1. The van der Waals surface area contributed by atoms with Gasteiger partial charge in [-0.2, -0.15) is 13.2 Å². The first kappa shape index (κ1) is 10.5. The van der Waals surface area contributed by atoms with Gasteiger partial charge in [-0.05, 0) is 6.07 Å². The van der Waals surface area contributed by atoms with Gasteiger partial charge < -0.3 is 5.73 Å². The molecule has 0 saturated carbocycles. The van der Waals surface area contributed by atoms with E-state index in [0.29, 0.717) is 0 Å². The molecule has 2 rings (SSSR count). The monoisotopic (exact) mass is 252 g/mol. The van der Waals surface area contributed by atoms with Crippen LogP contribution in [0.5, 0.6) is 0 Å². The summed E-state index contributed by atoms with van der Waals surface area (Å²) in [7, 11) is 0. The molecule has 0 fully saturated rings. The van der Waals surface area contributed by atoms with E-state index in [1.165, 1.54) is 5.51 Å². The summed E-state index contributed by atoms with van der Waals surface area (Å²) in [6.07, 6.45) is -4.44. The average Bonchev–Trinajstić information content (AvgIpc) is 2.57. The van der Waals surface area contributed by atoms with Crippen LogP contribution in [0.2, 0.25) is 5.02 Å². The fraction of sp³-hybridized carbons (Fsp3) is 0.125. The zero-order valence-electron chi connectivity index (χ0n) is 7.10. The molecule has 0 radical (unpaired) electrons. The summed E-state index contributed by atoms with van der Waals surface area (Å²) in [5.41, 5.74) is 6.23. The molecule has 0 spiro atoms. The molecule has 1 heterocycles. The molecule has 80 valence electrons. The van der Waals surface area contributed by atoms with Crippen molar-refractivity contribution >= 4 is 38.8 Å². The predicted molar refractivity (Wildman–Crippen MR) is 54.0 cm³/mol. The normalized spacial score (nSPS) is 12.3. The Balaban J connectivity index is 2.86. The van der Waals surface area contributed by atoms with Gasteiger partial charge in [0.15, 0.2) is 0 Å². The summed E-state index contributed by atoms with van der Waals surface area (Å²) in [6.45, 7) is 0. The standard InChI is InChI=1S/C8H4ClF3N2S/c9-4-1-3(8(10,11)12)7-6(5(4)13)14-2-15-7/h1-2H,13H2. The number of aromatic nitrogens is 1. The maximum absolute atomic E-state index is 12.6. The lowest BCUT2D eigenvalue weighted by Crippen LogP contribution is -2.06. The van der Waals surface area contributed by atoms with Crippen molar-refractivity contribution in [3.8, 4) is 0 Å². The lowest BCUT2D eigenvalue weighted by atomic mass is 10.2. The Morgan fingerprint density at radius 1 is 1.40 bits per heavy atom. The van der Waals surface area contributed by atoms with E-state index in [2.05, 4.69) is 4.98 Å². The number of halogens is 4. The molecule has 0 bridgehead atoms. The van der Waals surface area contributed by atoms with E-state index in [1.54, 1.807) is 0 Å². The third kappa shape index (κ3) is 1.63. The average molecular weight is 253 g/mol. The topological polar surface area (TPSA) is 38.9 Å². The quantitative estimate of drug-likeness (QED) is 0.728. The Morgan fingerprint density at radius 3 is 2.67 bits per heavy atom. The Bertz CT molecular complexity index is 520. The van der Waals surface area contributed by atoms with E-state index in [1.807, 2.05) is 0 Å². The summed E-state index contributed by atoms with van der Waals surface area (Å²) in [5.74, 6) is 0. The summed E-state index contributed by atoms with van der Waals surface area (Å²) in [5, 5.41) is -0.124. The number of hydrogen-bond acceptors (Lipinski definition) is 3. The molecule has 0 atom stereocenters. The zero-order chi connectivity index (χ0) is 11.2. The van der Waals surface area contributed by atoms with Crippen molar-refractivity contribution in [2.75, 3.05) is 5.73 Å². The Kier molecular flexibility index (Phi) is 2.27. The van der Waals surface area contributed by atoms with Gasteiger partial charge in [0.25, 0.3) is 0 Å². The van der Waals surface area contributed by atoms with E-state index >= 15 is 0 Å². The molecule has 0 aliphatic rings. The van der Waals surface area contributed by atoms with Crippen LogP contribution in [-0.4, -0.2) is 4.98 Å². The molecule has 15 heavy (non-hydrogen) atoms. The highest BCUT2D eigenvalue weighted by Crippen LogP contribution is 2.41. The van der Waals surface area contributed by atoms with Crippen LogP contribution in [0, 0.1) is 0 Å². The molecule has 0 aliphatic carbocycles. The highest BCUT2D eigenvalue weighted by atomic mass is 35.5. The van der Waals surface area contributed by atoms with E-state index in [0.717, 1.165) is 17.4 Å². The predicted octanol–water partition coefficient (Wildman–Crippen LogP) is 3.55. The molecule has 1 aromatic heterocycles. The van der Waals surface area contributed by atoms with Gasteiger partial charge in [-0.3, -0.25) is 0 Å². The van der Waals surface area contributed by atoms with Crippen molar-refractivity contribution < 1.29 is 13.2 Å². The van der Waals surface area contributed by atoms with Crippen molar-refractivity contribution in [3.63, 3.8) is 0 Å². The summed E-state index contributed by atoms with van der Waals surface area (Å²) >= 11 is 6.49. The van der Waals surface area contributed by atoms with Gasteiger partial charge in [0, 0.05) is 0 Å². The van der Waals surface area contributed by atoms with Gasteiger partial charge in [-0.25, -0.2) is 4.98 Å². The number of benzene rings is 1. The number of fused-ring (bicyclic) bond motifs is 1. The van der Waals surface area contributed by atoms with Crippen molar-refractivity contribution in [1.82, 2.24) is 4.98 Å². The molecule has 0 unspecified atom stereocenters. The third-order valence-corrected chi connectivity index (χ3v) is 3.07. The van der Waals surface area contributed by atoms with Gasteiger partial charge in [0.05, 0.1) is 26.5 Å². The van der Waals surface area contributed by atoms with Crippen LogP contribution >= 0.6 is 22.9 Å². The minimum absolute atomic E-state index is 0.0180. The van der Waals surface area contributed by atoms with Crippen LogP contribution < -0.4 is 5.73 Å². The maximum Gasteiger partial charge on any atom is 0.417 e. The van der Waals surface area contributed by atoms with Crippen molar-refractivity contribution in [2.24, 2.45) is 0 Å². The molecular formula is C8H4ClF3N2S. The minimum atomic E-state index is -4.44. The van der Waals surface area contributed by atoms with Crippen LogP contribution in [0.1, 0.15) is 5.56 Å². The van der Waals surface area contributed by atoms with Crippen molar-refractivity contribution in [3.05, 3.63) is 22.2 Å². The maximum atomic E-state index is 12.6. The number of hydrogen-bond donors (Lipinski definition) is 1. The highest BCUT2D eigenvalue weighted by molar-refractivity contribution is 7.17. The molecule has 2 aromatic rings. The molecule has 0 aliphatic heterocycles. The van der Waals surface area contributed by atoms with Gasteiger partial charge in [0.2, 0.25) is 0 Å². The van der Waals surface area contributed by atoms with Crippen molar-refractivity contribution in [1.29, 1.82) is 0 Å².